The predicted octanol–water partition coefficient (Wildman–Crippen LogP) is 2.75. The number of nitrogens with zero attached hydrogens (tertiary/aromatic N) is 5. The lowest BCUT2D eigenvalue weighted by molar-refractivity contribution is 0.242. The van der Waals surface area contributed by atoms with Gasteiger partial charge >= 0.3 is 0 Å². The van der Waals surface area contributed by atoms with E-state index in [9.17, 15) is 4.39 Å². The Morgan fingerprint density at radius 3 is 2.32 bits per heavy atom. The smallest absolute Gasteiger partial charge is 0.173 e. The van der Waals surface area contributed by atoms with Gasteiger partial charge in [0.2, 0.25) is 0 Å². The number of benzene rings is 1. The van der Waals surface area contributed by atoms with Crippen molar-refractivity contribution in [3.63, 3.8) is 0 Å². The average molecular weight is 303 g/mol. The van der Waals surface area contributed by atoms with Crippen LogP contribution in [0.15, 0.2) is 24.3 Å². The van der Waals surface area contributed by atoms with Crippen LogP contribution in [0.2, 0.25) is 0 Å². The van der Waals surface area contributed by atoms with Crippen molar-refractivity contribution in [3.05, 3.63) is 41.5 Å². The summed E-state index contributed by atoms with van der Waals surface area (Å²) in [4.78, 5) is 2.38. The van der Waals surface area contributed by atoms with Crippen molar-refractivity contribution in [2.24, 2.45) is 0 Å². The minimum Gasteiger partial charge on any atom is -0.290 e. The fourth-order valence-electron chi connectivity index (χ4n) is 3.01. The standard InChI is InChI=1S/C16H22FN5/c1-16(2,3)22-15(18-19-20-22)14(21-10-4-5-11-21)12-6-8-13(17)9-7-12/h6-9,14H,4-5,10-11H2,1-3H3/t14-/m1/s1. The lowest BCUT2D eigenvalue weighted by atomic mass is 10.0. The third kappa shape index (κ3) is 2.88. The molecule has 0 amide bonds. The molecule has 0 aliphatic carbocycles. The van der Waals surface area contributed by atoms with Gasteiger partial charge in [-0.2, -0.15) is 0 Å². The summed E-state index contributed by atoms with van der Waals surface area (Å²) in [6.07, 6.45) is 2.35. The molecule has 0 bridgehead atoms. The van der Waals surface area contributed by atoms with Gasteiger partial charge in [-0.05, 0) is 74.8 Å². The minimum atomic E-state index is -0.223. The van der Waals surface area contributed by atoms with Crippen molar-refractivity contribution in [2.45, 2.75) is 45.2 Å². The Labute approximate surface area is 130 Å². The summed E-state index contributed by atoms with van der Waals surface area (Å²) >= 11 is 0. The van der Waals surface area contributed by atoms with Gasteiger partial charge in [-0.1, -0.05) is 12.1 Å². The number of tetrazole rings is 1. The molecule has 118 valence electrons. The Hall–Kier alpha value is -1.82. The molecule has 1 atom stereocenters. The molecule has 1 fully saturated rings. The first-order chi connectivity index (χ1) is 10.5. The normalized spacial score (nSPS) is 17.8. The quantitative estimate of drug-likeness (QED) is 0.875. The summed E-state index contributed by atoms with van der Waals surface area (Å²) in [6, 6.07) is 6.64. The first kappa shape index (κ1) is 15.1. The summed E-state index contributed by atoms with van der Waals surface area (Å²) in [5, 5.41) is 12.4. The summed E-state index contributed by atoms with van der Waals surface area (Å²) in [5.41, 5.74) is 0.834. The second kappa shape index (κ2) is 5.76. The van der Waals surface area contributed by atoms with Crippen LogP contribution in [0.25, 0.3) is 0 Å². The van der Waals surface area contributed by atoms with Gasteiger partial charge in [0.05, 0.1) is 11.6 Å². The van der Waals surface area contributed by atoms with Gasteiger partial charge in [0.15, 0.2) is 5.82 Å². The molecule has 3 rings (SSSR count). The number of aromatic nitrogens is 4. The Morgan fingerprint density at radius 2 is 1.73 bits per heavy atom. The van der Waals surface area contributed by atoms with Crippen molar-refractivity contribution < 1.29 is 4.39 Å². The Balaban J connectivity index is 2.06. The van der Waals surface area contributed by atoms with Crippen molar-refractivity contribution in [2.75, 3.05) is 13.1 Å². The highest BCUT2D eigenvalue weighted by molar-refractivity contribution is 5.26. The van der Waals surface area contributed by atoms with E-state index >= 15 is 0 Å². The zero-order chi connectivity index (χ0) is 15.7. The third-order valence-electron chi connectivity index (χ3n) is 4.07. The maximum atomic E-state index is 13.3. The first-order valence-electron chi connectivity index (χ1n) is 7.75. The van der Waals surface area contributed by atoms with E-state index in [0.29, 0.717) is 0 Å². The van der Waals surface area contributed by atoms with E-state index in [-0.39, 0.29) is 17.4 Å². The number of rotatable bonds is 3. The fourth-order valence-corrected chi connectivity index (χ4v) is 3.01. The van der Waals surface area contributed by atoms with Crippen LogP contribution in [0, 0.1) is 5.82 Å². The molecule has 1 aliphatic heterocycles. The van der Waals surface area contributed by atoms with Crippen LogP contribution in [0.1, 0.15) is 51.0 Å². The molecular weight excluding hydrogens is 281 g/mol. The number of halogens is 1. The lowest BCUT2D eigenvalue weighted by Crippen LogP contribution is -2.33. The van der Waals surface area contributed by atoms with E-state index < -0.39 is 0 Å². The topological polar surface area (TPSA) is 46.8 Å². The maximum Gasteiger partial charge on any atom is 0.173 e. The van der Waals surface area contributed by atoms with Crippen LogP contribution in [0.5, 0.6) is 0 Å². The second-order valence-electron chi connectivity index (χ2n) is 6.82. The van der Waals surface area contributed by atoms with Crippen molar-refractivity contribution in [3.8, 4) is 0 Å². The van der Waals surface area contributed by atoms with Crippen LogP contribution in [0.3, 0.4) is 0 Å². The molecule has 5 nitrogen and oxygen atoms in total. The van der Waals surface area contributed by atoms with Crippen LogP contribution in [-0.2, 0) is 5.54 Å². The third-order valence-corrected chi connectivity index (χ3v) is 4.07. The molecule has 1 aromatic carbocycles. The zero-order valence-electron chi connectivity index (χ0n) is 13.3. The van der Waals surface area contributed by atoms with E-state index in [1.54, 1.807) is 0 Å². The predicted molar refractivity (Wildman–Crippen MR) is 81.9 cm³/mol. The Bertz CT molecular complexity index is 623. The molecule has 0 unspecified atom stereocenters. The Morgan fingerprint density at radius 1 is 1.09 bits per heavy atom. The maximum absolute atomic E-state index is 13.3. The summed E-state index contributed by atoms with van der Waals surface area (Å²) in [6.45, 7) is 8.27. The molecule has 1 aromatic heterocycles. The highest BCUT2D eigenvalue weighted by Crippen LogP contribution is 2.32. The second-order valence-corrected chi connectivity index (χ2v) is 6.82. The van der Waals surface area contributed by atoms with Crippen molar-refractivity contribution in [1.29, 1.82) is 0 Å². The van der Waals surface area contributed by atoms with Gasteiger partial charge in [-0.3, -0.25) is 4.90 Å². The average Bonchev–Trinajstić information content (AvgIpc) is 3.12. The van der Waals surface area contributed by atoms with Gasteiger partial charge in [0.25, 0.3) is 0 Å². The van der Waals surface area contributed by atoms with Gasteiger partial charge in [-0.15, -0.1) is 5.10 Å². The molecule has 22 heavy (non-hydrogen) atoms. The molecule has 6 heteroatoms. The zero-order valence-corrected chi connectivity index (χ0v) is 13.3. The molecule has 1 saturated heterocycles. The molecule has 2 aromatic rings. The van der Waals surface area contributed by atoms with E-state index in [0.717, 1.165) is 24.5 Å². The summed E-state index contributed by atoms with van der Waals surface area (Å²) in [7, 11) is 0. The molecule has 2 heterocycles. The van der Waals surface area contributed by atoms with E-state index in [1.807, 2.05) is 16.8 Å². The van der Waals surface area contributed by atoms with Gasteiger partial charge in [-0.25, -0.2) is 9.07 Å². The van der Waals surface area contributed by atoms with E-state index in [1.165, 1.54) is 25.0 Å². The molecule has 0 radical (unpaired) electrons. The molecule has 1 aliphatic rings. The summed E-state index contributed by atoms with van der Waals surface area (Å²) < 4.78 is 15.2. The monoisotopic (exact) mass is 303 g/mol. The van der Waals surface area contributed by atoms with Gasteiger partial charge < -0.3 is 0 Å². The van der Waals surface area contributed by atoms with E-state index in [4.69, 9.17) is 0 Å². The Kier molecular flexibility index (Phi) is 3.95. The highest BCUT2D eigenvalue weighted by atomic mass is 19.1. The van der Waals surface area contributed by atoms with Gasteiger partial charge in [0.1, 0.15) is 5.82 Å². The SMILES string of the molecule is CC(C)(C)n1nnnc1[C@@H](c1ccc(F)cc1)N1CCCC1. The number of hydrogen-bond acceptors (Lipinski definition) is 4. The first-order valence-corrected chi connectivity index (χ1v) is 7.75. The molecular formula is C16H22FN5. The van der Waals surface area contributed by atoms with Crippen molar-refractivity contribution >= 4 is 0 Å². The molecule has 0 saturated carbocycles. The highest BCUT2D eigenvalue weighted by Gasteiger charge is 2.32. The van der Waals surface area contributed by atoms with Gasteiger partial charge in [0, 0.05) is 0 Å². The van der Waals surface area contributed by atoms with Crippen LogP contribution < -0.4 is 0 Å². The number of hydrogen-bond donors (Lipinski definition) is 0. The fraction of sp³-hybridized carbons (Fsp3) is 0.562. The van der Waals surface area contributed by atoms with Crippen LogP contribution >= 0.6 is 0 Å². The minimum absolute atomic E-state index is 0.0303. The lowest BCUT2D eigenvalue weighted by Gasteiger charge is -2.30. The van der Waals surface area contributed by atoms with Crippen molar-refractivity contribution in [1.82, 2.24) is 25.1 Å². The van der Waals surface area contributed by atoms with E-state index in [2.05, 4.69) is 41.2 Å². The molecule has 0 spiro atoms. The van der Waals surface area contributed by atoms with Crippen LogP contribution in [0.4, 0.5) is 4.39 Å². The van der Waals surface area contributed by atoms with Crippen LogP contribution in [-0.4, -0.2) is 38.2 Å². The summed E-state index contributed by atoms with van der Waals surface area (Å²) in [5.74, 6) is 0.598. The number of likely N-dealkylation sites (tertiary alicyclic amines) is 1. The molecule has 0 N–H and O–H groups in total. The largest absolute Gasteiger partial charge is 0.290 e.